The van der Waals surface area contributed by atoms with E-state index < -0.39 is 83.9 Å². The van der Waals surface area contributed by atoms with Gasteiger partial charge in [-0.3, -0.25) is 14.4 Å². The summed E-state index contributed by atoms with van der Waals surface area (Å²) in [4.78, 5) is 57.9. The normalized spacial score (nSPS) is 41.1. The molecule has 2 saturated heterocycles. The highest BCUT2D eigenvalue weighted by molar-refractivity contribution is 6.39. The van der Waals surface area contributed by atoms with Crippen LogP contribution in [-0.4, -0.2) is 126 Å². The van der Waals surface area contributed by atoms with Crippen LogP contribution in [0.3, 0.4) is 0 Å². The zero-order chi connectivity index (χ0) is 42.2. The molecule has 3 aliphatic heterocycles. The van der Waals surface area contributed by atoms with Crippen LogP contribution >= 0.6 is 0 Å². The van der Waals surface area contributed by atoms with Crippen molar-refractivity contribution in [2.75, 3.05) is 27.9 Å². The van der Waals surface area contributed by atoms with E-state index >= 15 is 0 Å². The molecule has 2 bridgehead atoms. The summed E-state index contributed by atoms with van der Waals surface area (Å²) in [7, 11) is 4.65. The Kier molecular flexibility index (Phi) is 17.5. The largest absolute Gasteiger partial charge is 0.456 e. The number of ether oxygens (including phenoxy) is 5. The van der Waals surface area contributed by atoms with Gasteiger partial charge in [0.25, 0.3) is 11.7 Å². The summed E-state index contributed by atoms with van der Waals surface area (Å²) in [5.41, 5.74) is 1.68. The van der Waals surface area contributed by atoms with Gasteiger partial charge in [0.1, 0.15) is 24.0 Å². The average molecular weight is 806 g/mol. The second kappa shape index (κ2) is 21.1. The van der Waals surface area contributed by atoms with Crippen molar-refractivity contribution in [2.45, 2.75) is 173 Å². The van der Waals surface area contributed by atoms with E-state index in [-0.39, 0.29) is 49.5 Å². The second-order valence-corrected chi connectivity index (χ2v) is 17.3. The number of cyclic esters (lactones) is 1. The van der Waals surface area contributed by atoms with Crippen molar-refractivity contribution in [2.24, 2.45) is 29.6 Å². The lowest BCUT2D eigenvalue weighted by molar-refractivity contribution is -0.302. The van der Waals surface area contributed by atoms with Crippen LogP contribution in [0.25, 0.3) is 0 Å². The smallest absolute Gasteiger partial charge is 0.329 e. The lowest BCUT2D eigenvalue weighted by Gasteiger charge is -2.47. The third-order valence-electron chi connectivity index (χ3n) is 13.3. The van der Waals surface area contributed by atoms with Crippen molar-refractivity contribution in [3.05, 3.63) is 23.3 Å². The van der Waals surface area contributed by atoms with Crippen LogP contribution in [0.5, 0.6) is 0 Å². The monoisotopic (exact) mass is 805 g/mol. The number of nitrogens with zero attached hydrogens (tertiary/aromatic N) is 1. The average Bonchev–Trinajstić information content (AvgIpc) is 3.20. The zero-order valence-corrected chi connectivity index (χ0v) is 35.8. The molecule has 57 heavy (non-hydrogen) atoms. The topological polar surface area (TPSA) is 178 Å². The highest BCUT2D eigenvalue weighted by atomic mass is 16.7. The number of allylic oxidation sites excluding steroid dienone is 3. The van der Waals surface area contributed by atoms with E-state index in [9.17, 15) is 34.5 Å². The molecule has 0 unspecified atom stereocenters. The highest BCUT2D eigenvalue weighted by Gasteiger charge is 2.56. The van der Waals surface area contributed by atoms with Gasteiger partial charge in [-0.2, -0.15) is 0 Å². The Labute approximate surface area is 339 Å². The maximum absolute atomic E-state index is 14.3. The SMILES string of the molecule is CC[C@H]1C/C(C)=C/[C@@H](CC)C(=O)C[C@H](O)[C@@H](C)[C@@H](/C(C)=C/[C@@H]2CC[C@@H](O)[C@H](OC)C2)OC(=O)[C@@H]2CCCCN2C(=O)C(=O)[C@]2(O)O[C@H]([C@@H](OC)C1)[C@@H](OC)C[C@H]2C. The van der Waals surface area contributed by atoms with Crippen LogP contribution in [-0.2, 0) is 42.9 Å². The Hall–Kier alpha value is -2.52. The fourth-order valence-corrected chi connectivity index (χ4v) is 9.54. The molecule has 0 spiro atoms. The van der Waals surface area contributed by atoms with E-state index in [0.717, 1.165) is 12.0 Å². The van der Waals surface area contributed by atoms with Crippen molar-refractivity contribution < 1.29 is 58.2 Å². The number of piperidine rings is 1. The fourth-order valence-electron chi connectivity index (χ4n) is 9.54. The van der Waals surface area contributed by atoms with Crippen LogP contribution in [0, 0.1) is 29.6 Å². The quantitative estimate of drug-likeness (QED) is 0.181. The number of esters is 1. The molecule has 0 radical (unpaired) electrons. The van der Waals surface area contributed by atoms with Crippen LogP contribution in [0.1, 0.15) is 119 Å². The Morgan fingerprint density at radius 2 is 1.56 bits per heavy atom. The first-order valence-corrected chi connectivity index (χ1v) is 21.3. The molecule has 0 aromatic rings. The van der Waals surface area contributed by atoms with Crippen molar-refractivity contribution in [3.8, 4) is 0 Å². The van der Waals surface area contributed by atoms with E-state index in [0.29, 0.717) is 56.9 Å². The van der Waals surface area contributed by atoms with Crippen LogP contribution in [0.2, 0.25) is 0 Å². The Morgan fingerprint density at radius 3 is 2.19 bits per heavy atom. The van der Waals surface area contributed by atoms with Crippen molar-refractivity contribution in [3.63, 3.8) is 0 Å². The summed E-state index contributed by atoms with van der Waals surface area (Å²) in [6.07, 6.45) is 4.58. The second-order valence-electron chi connectivity index (χ2n) is 17.3. The first-order chi connectivity index (χ1) is 27.0. The highest BCUT2D eigenvalue weighted by Crippen LogP contribution is 2.39. The lowest BCUT2D eigenvalue weighted by Crippen LogP contribution is -2.64. The molecule has 13 nitrogen and oxygen atoms in total. The van der Waals surface area contributed by atoms with Crippen LogP contribution in [0.15, 0.2) is 23.3 Å². The summed E-state index contributed by atoms with van der Waals surface area (Å²) in [6, 6.07) is -1.13. The molecule has 3 heterocycles. The number of amides is 1. The molecule has 3 fully saturated rings. The number of fused-ring (bicyclic) bond motifs is 3. The summed E-state index contributed by atoms with van der Waals surface area (Å²) < 4.78 is 29.9. The van der Waals surface area contributed by atoms with Gasteiger partial charge in [-0.05, 0) is 95.5 Å². The van der Waals surface area contributed by atoms with E-state index in [1.165, 1.54) is 12.0 Å². The van der Waals surface area contributed by atoms with E-state index in [4.69, 9.17) is 23.7 Å². The number of aliphatic hydroxyl groups is 3. The zero-order valence-electron chi connectivity index (χ0n) is 35.8. The summed E-state index contributed by atoms with van der Waals surface area (Å²) >= 11 is 0. The van der Waals surface area contributed by atoms with Gasteiger partial charge in [0, 0.05) is 52.0 Å². The summed E-state index contributed by atoms with van der Waals surface area (Å²) in [6.45, 7) is 11.3. The first kappa shape index (κ1) is 47.2. The third kappa shape index (κ3) is 11.2. The van der Waals surface area contributed by atoms with Gasteiger partial charge in [0.05, 0.1) is 30.5 Å². The molecule has 14 atom stereocenters. The molecule has 4 rings (SSSR count). The molecule has 0 aromatic carbocycles. The minimum atomic E-state index is -2.50. The molecular formula is C44H71NO12. The minimum absolute atomic E-state index is 0.000502. The Morgan fingerprint density at radius 1 is 0.895 bits per heavy atom. The Bertz CT molecular complexity index is 1450. The molecule has 1 aliphatic carbocycles. The molecule has 0 aromatic heterocycles. The van der Waals surface area contributed by atoms with Crippen molar-refractivity contribution in [1.82, 2.24) is 4.90 Å². The minimum Gasteiger partial charge on any atom is -0.456 e. The number of aliphatic hydroxyl groups excluding tert-OH is 2. The molecular weight excluding hydrogens is 734 g/mol. The van der Waals surface area contributed by atoms with Crippen LogP contribution < -0.4 is 0 Å². The maximum atomic E-state index is 14.3. The lowest BCUT2D eigenvalue weighted by atomic mass is 9.81. The summed E-state index contributed by atoms with van der Waals surface area (Å²) in [5, 5.41) is 34.2. The van der Waals surface area contributed by atoms with Gasteiger partial charge in [-0.25, -0.2) is 4.79 Å². The van der Waals surface area contributed by atoms with Gasteiger partial charge in [0.15, 0.2) is 0 Å². The molecule has 1 amide bonds. The first-order valence-electron chi connectivity index (χ1n) is 21.3. The molecule has 3 N–H and O–H groups in total. The Balaban J connectivity index is 1.78. The predicted molar refractivity (Wildman–Crippen MR) is 213 cm³/mol. The number of hydrogen-bond acceptors (Lipinski definition) is 12. The van der Waals surface area contributed by atoms with Gasteiger partial charge >= 0.3 is 5.97 Å². The van der Waals surface area contributed by atoms with Gasteiger partial charge in [0.2, 0.25) is 5.79 Å². The standard InChI is InChI=1S/C44H71NO12/c1-10-29-18-25(3)19-31(11-2)35(48)24-34(47)28(6)39(26(4)20-30-15-16-33(46)36(23-30)53-7)56-43(51)32-14-12-13-17-45(32)42(50)41(49)44(52)27(5)21-37(54-8)40(57-44)38(22-29)55-9/h19-20,27-34,36-40,46-47,52H,10-18,21-24H2,1-9H3/b25-19+,26-20+/t27-,28-,29+,30+,31-,32+,33-,34+,36-,37+,38+,39-,40+,44-/m1/s1. The van der Waals surface area contributed by atoms with Crippen molar-refractivity contribution >= 4 is 23.4 Å². The van der Waals surface area contributed by atoms with E-state index in [2.05, 4.69) is 6.92 Å². The number of carbonyl (C=O) groups is 4. The number of rotatable bonds is 7. The molecule has 324 valence electrons. The predicted octanol–water partition coefficient (Wildman–Crippen LogP) is 4.86. The van der Waals surface area contributed by atoms with Crippen LogP contribution in [0.4, 0.5) is 0 Å². The summed E-state index contributed by atoms with van der Waals surface area (Å²) in [5.74, 6) is -7.43. The van der Waals surface area contributed by atoms with Gasteiger partial charge in [-0.15, -0.1) is 0 Å². The molecule has 1 saturated carbocycles. The maximum Gasteiger partial charge on any atom is 0.329 e. The molecule has 4 aliphatic rings. The fraction of sp³-hybridized carbons (Fsp3) is 0.818. The van der Waals surface area contributed by atoms with Crippen molar-refractivity contribution in [1.29, 1.82) is 0 Å². The van der Waals surface area contributed by atoms with E-state index in [1.54, 1.807) is 28.1 Å². The van der Waals surface area contributed by atoms with E-state index in [1.807, 2.05) is 32.9 Å². The molecule has 13 heteroatoms. The number of hydrogen-bond donors (Lipinski definition) is 3. The number of carbonyl (C=O) groups excluding carboxylic acids is 4. The number of methoxy groups -OCH3 is 3. The third-order valence-corrected chi connectivity index (χ3v) is 13.3. The van der Waals surface area contributed by atoms with Gasteiger partial charge in [-0.1, -0.05) is 51.8 Å². The number of ketones is 2. The number of Topliss-reactive ketones (excluding diaryl/α,β-unsaturated/α-hetero) is 2. The van der Waals surface area contributed by atoms with Gasteiger partial charge < -0.3 is 43.9 Å².